The first kappa shape index (κ1) is 51.9. The maximum Gasteiger partial charge on any atom is 0.316 e. The van der Waals surface area contributed by atoms with Gasteiger partial charge in [-0.3, -0.25) is 14.9 Å². The second kappa shape index (κ2) is 21.2. The molecule has 1 aliphatic carbocycles. The van der Waals surface area contributed by atoms with Gasteiger partial charge in [-0.25, -0.2) is 0 Å². The molecule has 17 nitrogen and oxygen atoms in total. The van der Waals surface area contributed by atoms with Crippen molar-refractivity contribution in [3.8, 4) is 0 Å². The number of likely N-dealkylation sites (N-methyl/N-ethyl adjacent to an activating group) is 1. The molecular formula is C50H76N2O15. The Hall–Kier alpha value is -2.91. The Kier molecular flexibility index (Phi) is 16.4. The zero-order valence-electron chi connectivity index (χ0n) is 41.2. The molecule has 20 atom stereocenters. The minimum atomic E-state index is -1.86. The fourth-order valence-corrected chi connectivity index (χ4v) is 11.6. The lowest BCUT2D eigenvalue weighted by Gasteiger charge is -2.49. The van der Waals surface area contributed by atoms with E-state index in [9.17, 15) is 25.1 Å². The molecule has 67 heavy (non-hydrogen) atoms. The van der Waals surface area contributed by atoms with E-state index in [0.717, 1.165) is 12.0 Å². The Bertz CT molecular complexity index is 1920. The van der Waals surface area contributed by atoms with E-state index in [1.54, 1.807) is 40.2 Å². The molecule has 7 aliphatic rings. The number of fused-ring (bicyclic) bond motifs is 2. The van der Waals surface area contributed by atoms with Gasteiger partial charge in [0.25, 0.3) is 0 Å². The number of aliphatic hydroxyl groups is 2. The van der Waals surface area contributed by atoms with E-state index in [0.29, 0.717) is 30.4 Å². The van der Waals surface area contributed by atoms with E-state index < -0.39 is 102 Å². The molecule has 376 valence electrons. The van der Waals surface area contributed by atoms with Gasteiger partial charge in [0.05, 0.1) is 49.3 Å². The van der Waals surface area contributed by atoms with Crippen molar-refractivity contribution in [2.24, 2.45) is 23.7 Å². The molecule has 0 saturated carbocycles. The van der Waals surface area contributed by atoms with E-state index in [4.69, 9.17) is 47.4 Å². The largest absolute Gasteiger partial charge is 0.462 e. The van der Waals surface area contributed by atoms with Crippen LogP contribution < -0.4 is 5.32 Å². The van der Waals surface area contributed by atoms with Crippen LogP contribution in [0.15, 0.2) is 59.3 Å². The second-order valence-corrected chi connectivity index (χ2v) is 20.1. The third-order valence-electron chi connectivity index (χ3n) is 15.8. The molecule has 2 unspecified atom stereocenters. The summed E-state index contributed by atoms with van der Waals surface area (Å²) in [5, 5.41) is 38.6. The number of rotatable bonds is 11. The van der Waals surface area contributed by atoms with Crippen LogP contribution in [0.4, 0.5) is 0 Å². The highest BCUT2D eigenvalue weighted by molar-refractivity contribution is 5.78. The Morgan fingerprint density at radius 2 is 1.73 bits per heavy atom. The van der Waals surface area contributed by atoms with E-state index in [-0.39, 0.29) is 54.8 Å². The number of aliphatic hydroxyl groups excluding tert-OH is 1. The van der Waals surface area contributed by atoms with Gasteiger partial charge in [-0.05, 0) is 69.9 Å². The Balaban J connectivity index is 1.16. The minimum absolute atomic E-state index is 0.0125. The third kappa shape index (κ3) is 10.5. The maximum absolute atomic E-state index is 14.4. The molecule has 4 fully saturated rings. The van der Waals surface area contributed by atoms with Crippen molar-refractivity contribution < 1.29 is 67.3 Å². The van der Waals surface area contributed by atoms with E-state index in [1.165, 1.54) is 7.11 Å². The number of methoxy groups -OCH3 is 2. The van der Waals surface area contributed by atoms with Crippen LogP contribution in [-0.2, 0) is 52.2 Å². The second-order valence-electron chi connectivity index (χ2n) is 20.1. The van der Waals surface area contributed by atoms with Gasteiger partial charge >= 0.3 is 5.97 Å². The fraction of sp³-hybridized carbons (Fsp3) is 0.780. The van der Waals surface area contributed by atoms with Crippen molar-refractivity contribution in [1.82, 2.24) is 5.32 Å². The number of ether oxygens (including phenoxy) is 10. The summed E-state index contributed by atoms with van der Waals surface area (Å²) in [5.41, 5.74) is -1.00. The van der Waals surface area contributed by atoms with Crippen molar-refractivity contribution in [2.75, 3.05) is 34.4 Å². The molecule has 7 rings (SSSR count). The average Bonchev–Trinajstić information content (AvgIpc) is 3.63. The first-order chi connectivity index (χ1) is 31.8. The summed E-state index contributed by atoms with van der Waals surface area (Å²) in [5.74, 6) is -2.69. The summed E-state index contributed by atoms with van der Waals surface area (Å²) in [6.07, 6.45) is 8.09. The predicted molar refractivity (Wildman–Crippen MR) is 245 cm³/mol. The molecule has 0 radical (unpaired) electrons. The molecule has 17 heteroatoms. The van der Waals surface area contributed by atoms with Crippen molar-refractivity contribution in [2.45, 2.75) is 191 Å². The predicted octanol–water partition coefficient (Wildman–Crippen LogP) is 5.25. The van der Waals surface area contributed by atoms with Crippen LogP contribution in [-0.4, -0.2) is 152 Å². The lowest BCUT2D eigenvalue weighted by Crippen LogP contribution is -2.69. The molecule has 0 aromatic heterocycles. The number of nitrogens with zero attached hydrogens (tertiary/aromatic N) is 1. The molecule has 6 heterocycles. The Morgan fingerprint density at radius 1 is 0.985 bits per heavy atom. The highest BCUT2D eigenvalue weighted by Gasteiger charge is 2.60. The maximum atomic E-state index is 14.4. The highest BCUT2D eigenvalue weighted by Crippen LogP contribution is 2.47. The zero-order valence-corrected chi connectivity index (χ0v) is 41.2. The van der Waals surface area contributed by atoms with Crippen LogP contribution in [0.5, 0.6) is 0 Å². The molecule has 1 spiro atoms. The molecule has 0 amide bonds. The number of hydrogen-bond acceptors (Lipinski definition) is 16. The molecule has 0 aromatic rings. The number of esters is 1. The van der Waals surface area contributed by atoms with Gasteiger partial charge in [0, 0.05) is 56.7 Å². The summed E-state index contributed by atoms with van der Waals surface area (Å²) in [7, 11) is 4.82. The SMILES string of the molecule is CCC(C)[C@H]1O[C@]2(C=C[C@@H]1C)C[C@@H]1C[C@@H](CC=C(C)[C@@H](O[C@H]3C[C@H](OC)[C@@H](O[C@H]4C[C@H](OC)[C@](C[N+](=O)[O-])(NC)[C@H](C)O4)[C@H](C)O3)C(C)C=CC=C3CO[C@@H]4[C@H](O)C(C)=C[C@@H](C(=O)O1)[C@]34O)O2. The van der Waals surface area contributed by atoms with Crippen LogP contribution in [0.25, 0.3) is 0 Å². The van der Waals surface area contributed by atoms with Crippen molar-refractivity contribution in [1.29, 1.82) is 0 Å². The van der Waals surface area contributed by atoms with Crippen LogP contribution in [0.1, 0.15) is 93.9 Å². The normalized spacial score (nSPS) is 45.4. The van der Waals surface area contributed by atoms with Gasteiger partial charge in [0.2, 0.25) is 6.54 Å². The minimum Gasteiger partial charge on any atom is -0.462 e. The smallest absolute Gasteiger partial charge is 0.316 e. The first-order valence-electron chi connectivity index (χ1n) is 24.3. The lowest BCUT2D eigenvalue weighted by atomic mass is 9.71. The average molecular weight is 945 g/mol. The van der Waals surface area contributed by atoms with Crippen LogP contribution in [0.3, 0.4) is 0 Å². The monoisotopic (exact) mass is 945 g/mol. The number of nitro groups is 1. The van der Waals surface area contributed by atoms with Crippen molar-refractivity contribution in [3.63, 3.8) is 0 Å². The van der Waals surface area contributed by atoms with Crippen LogP contribution >= 0.6 is 0 Å². The zero-order chi connectivity index (χ0) is 48.6. The molecular weight excluding hydrogens is 869 g/mol. The number of nitrogens with one attached hydrogen (secondary N) is 1. The standard InChI is InChI=1S/C50H76N2O15/c1-12-27(2)44-30(5)18-19-48(67-44)24-36-21-35(66-48)17-16-29(4)43(28(3)14-13-15-34-25-60-46-42(53)31(6)20-37(47(54)63-36)50(34,46)55)64-40-22-38(58-10)45(32(7)61-40)65-41-23-39(59-11)49(51-9,26-52(56)57)33(8)62-41/h13-16,18-20,27-28,30,32-33,35-46,51,53,55H,12,17,21-26H2,1-11H3/t27?,28?,30-,32-,33-,35+,36-,37-,38-,39-,40-,41-,42+,43-,44+,45-,46+,48+,49+,50+/m0/s1. The van der Waals surface area contributed by atoms with Gasteiger partial charge in [-0.1, -0.05) is 70.6 Å². The highest BCUT2D eigenvalue weighted by atomic mass is 16.7. The van der Waals surface area contributed by atoms with E-state index in [2.05, 4.69) is 38.2 Å². The van der Waals surface area contributed by atoms with E-state index in [1.807, 2.05) is 39.0 Å². The summed E-state index contributed by atoms with van der Waals surface area (Å²) in [6.45, 7) is 15.6. The molecule has 0 aromatic carbocycles. The van der Waals surface area contributed by atoms with Crippen molar-refractivity contribution >= 4 is 5.97 Å². The summed E-state index contributed by atoms with van der Waals surface area (Å²) >= 11 is 0. The quantitative estimate of drug-likeness (QED) is 0.105. The lowest BCUT2D eigenvalue weighted by molar-refractivity contribution is -0.500. The number of hydrogen-bond donors (Lipinski definition) is 3. The molecule has 6 aliphatic heterocycles. The fourth-order valence-electron chi connectivity index (χ4n) is 11.6. The Morgan fingerprint density at radius 3 is 2.42 bits per heavy atom. The third-order valence-corrected chi connectivity index (χ3v) is 15.8. The summed E-state index contributed by atoms with van der Waals surface area (Å²) < 4.78 is 64.5. The van der Waals surface area contributed by atoms with Gasteiger partial charge < -0.3 is 62.9 Å². The number of carbonyl (C=O) groups is 1. The number of carbonyl (C=O) groups excluding carboxylic acids is 1. The van der Waals surface area contributed by atoms with Gasteiger partial charge in [0.1, 0.15) is 41.5 Å². The van der Waals surface area contributed by atoms with Gasteiger partial charge in [-0.15, -0.1) is 0 Å². The topological polar surface area (TPSA) is 205 Å². The number of allylic oxidation sites excluding steroid dienone is 2. The summed E-state index contributed by atoms with van der Waals surface area (Å²) in [6, 6.07) is 0. The van der Waals surface area contributed by atoms with Crippen LogP contribution in [0.2, 0.25) is 0 Å². The van der Waals surface area contributed by atoms with Gasteiger partial charge in [0.15, 0.2) is 18.4 Å². The van der Waals surface area contributed by atoms with Crippen LogP contribution in [0, 0.1) is 33.8 Å². The molecule has 3 N–H and O–H groups in total. The Labute approximate surface area is 395 Å². The first-order valence-corrected chi connectivity index (χ1v) is 24.3. The van der Waals surface area contributed by atoms with Gasteiger partial charge in [-0.2, -0.15) is 0 Å². The molecule has 2 bridgehead atoms. The summed E-state index contributed by atoms with van der Waals surface area (Å²) in [4.78, 5) is 25.7. The molecule has 4 saturated heterocycles. The van der Waals surface area contributed by atoms with E-state index >= 15 is 0 Å². The van der Waals surface area contributed by atoms with Crippen molar-refractivity contribution in [3.05, 3.63) is 69.4 Å².